The second-order valence-electron chi connectivity index (χ2n) is 4.76. The van der Waals surface area contributed by atoms with Gasteiger partial charge < -0.3 is 15.5 Å². The average molecular weight is 285 g/mol. The molecule has 8 heteroatoms. The molecule has 1 amide bonds. The molecule has 0 bridgehead atoms. The van der Waals surface area contributed by atoms with Crippen LogP contribution in [0.2, 0.25) is 5.28 Å². The number of amides is 1. The summed E-state index contributed by atoms with van der Waals surface area (Å²) < 4.78 is 0. The van der Waals surface area contributed by atoms with Crippen molar-refractivity contribution in [2.75, 3.05) is 37.0 Å². The lowest BCUT2D eigenvalue weighted by Crippen LogP contribution is -2.39. The molecule has 0 saturated carbocycles. The number of primary amides is 1. The first-order valence-corrected chi connectivity index (χ1v) is 6.48. The van der Waals surface area contributed by atoms with Gasteiger partial charge in [-0.05, 0) is 24.4 Å². The van der Waals surface area contributed by atoms with Crippen LogP contribution in [0.1, 0.15) is 12.8 Å². The number of carbonyl (C=O) groups excluding carboxylic acids is 1. The molecule has 1 aliphatic heterocycles. The molecule has 2 N–H and O–H groups in total. The SMILES string of the molecule is CN(C)c1nc(Cl)nc(N2CCC(C(N)=O)CC2)n1. The Kier molecular flexibility index (Phi) is 4.04. The van der Waals surface area contributed by atoms with Crippen molar-refractivity contribution >= 4 is 29.4 Å². The van der Waals surface area contributed by atoms with E-state index in [1.165, 1.54) is 0 Å². The molecule has 0 spiro atoms. The van der Waals surface area contributed by atoms with E-state index in [1.807, 2.05) is 19.0 Å². The van der Waals surface area contributed by atoms with Gasteiger partial charge in [-0.2, -0.15) is 15.0 Å². The summed E-state index contributed by atoms with van der Waals surface area (Å²) >= 11 is 5.90. The number of hydrogen-bond donors (Lipinski definition) is 1. The zero-order chi connectivity index (χ0) is 14.0. The zero-order valence-electron chi connectivity index (χ0n) is 11.0. The summed E-state index contributed by atoms with van der Waals surface area (Å²) in [4.78, 5) is 27.4. The van der Waals surface area contributed by atoms with Crippen LogP contribution < -0.4 is 15.5 Å². The van der Waals surface area contributed by atoms with E-state index in [4.69, 9.17) is 17.3 Å². The molecule has 1 aromatic rings. The van der Waals surface area contributed by atoms with Crippen LogP contribution in [0, 0.1) is 5.92 Å². The molecular weight excluding hydrogens is 268 g/mol. The molecule has 0 atom stereocenters. The van der Waals surface area contributed by atoms with E-state index < -0.39 is 0 Å². The van der Waals surface area contributed by atoms with Crippen molar-refractivity contribution in [3.8, 4) is 0 Å². The third-order valence-electron chi connectivity index (χ3n) is 3.16. The number of rotatable bonds is 3. The fourth-order valence-corrected chi connectivity index (χ4v) is 2.19. The highest BCUT2D eigenvalue weighted by Gasteiger charge is 2.25. The number of halogens is 1. The first-order chi connectivity index (χ1) is 8.97. The Bertz CT molecular complexity index is 472. The summed E-state index contributed by atoms with van der Waals surface area (Å²) in [6.45, 7) is 1.39. The molecule has 2 heterocycles. The quantitative estimate of drug-likeness (QED) is 0.858. The summed E-state index contributed by atoms with van der Waals surface area (Å²) in [6.07, 6.45) is 1.44. The van der Waals surface area contributed by atoms with E-state index in [2.05, 4.69) is 15.0 Å². The molecule has 0 unspecified atom stereocenters. The molecule has 2 rings (SSSR count). The fourth-order valence-electron chi connectivity index (χ4n) is 2.03. The predicted molar refractivity (Wildman–Crippen MR) is 73.3 cm³/mol. The third kappa shape index (κ3) is 3.23. The molecule has 0 radical (unpaired) electrons. The Morgan fingerprint density at radius 2 is 1.95 bits per heavy atom. The Morgan fingerprint density at radius 3 is 2.47 bits per heavy atom. The largest absolute Gasteiger partial charge is 0.369 e. The van der Waals surface area contributed by atoms with Crippen molar-refractivity contribution in [3.05, 3.63) is 5.28 Å². The summed E-state index contributed by atoms with van der Waals surface area (Å²) in [6, 6.07) is 0. The van der Waals surface area contributed by atoms with Crippen molar-refractivity contribution in [2.24, 2.45) is 11.7 Å². The summed E-state index contributed by atoms with van der Waals surface area (Å²) in [5.41, 5.74) is 5.31. The minimum absolute atomic E-state index is 0.0538. The highest BCUT2D eigenvalue weighted by molar-refractivity contribution is 6.28. The van der Waals surface area contributed by atoms with Gasteiger partial charge in [-0.15, -0.1) is 0 Å². The molecule has 1 fully saturated rings. The molecule has 1 saturated heterocycles. The van der Waals surface area contributed by atoms with Gasteiger partial charge in [0.25, 0.3) is 0 Å². The summed E-state index contributed by atoms with van der Waals surface area (Å²) in [5.74, 6) is 0.780. The molecule has 0 aromatic carbocycles. The number of nitrogens with two attached hydrogens (primary N) is 1. The summed E-state index contributed by atoms with van der Waals surface area (Å²) in [5, 5.41) is 0.172. The average Bonchev–Trinajstić information content (AvgIpc) is 2.38. The van der Waals surface area contributed by atoms with E-state index in [9.17, 15) is 4.79 Å². The number of carbonyl (C=O) groups is 1. The van der Waals surface area contributed by atoms with Gasteiger partial charge in [0.15, 0.2) is 0 Å². The van der Waals surface area contributed by atoms with Crippen LogP contribution in [0.3, 0.4) is 0 Å². The van der Waals surface area contributed by atoms with E-state index in [0.29, 0.717) is 25.0 Å². The molecular formula is C11H17ClN6O. The maximum atomic E-state index is 11.1. The Hall–Kier alpha value is -1.63. The highest BCUT2D eigenvalue weighted by Crippen LogP contribution is 2.22. The van der Waals surface area contributed by atoms with Crippen LogP contribution in [0.4, 0.5) is 11.9 Å². The van der Waals surface area contributed by atoms with Crippen molar-refractivity contribution in [3.63, 3.8) is 0 Å². The lowest BCUT2D eigenvalue weighted by Gasteiger charge is -2.30. The van der Waals surface area contributed by atoms with Crippen LogP contribution in [0.5, 0.6) is 0 Å². The van der Waals surface area contributed by atoms with Crippen LogP contribution in [0.25, 0.3) is 0 Å². The first-order valence-electron chi connectivity index (χ1n) is 6.10. The molecule has 19 heavy (non-hydrogen) atoms. The minimum atomic E-state index is -0.234. The summed E-state index contributed by atoms with van der Waals surface area (Å²) in [7, 11) is 3.68. The van der Waals surface area contributed by atoms with Gasteiger partial charge in [0.2, 0.25) is 23.1 Å². The topological polar surface area (TPSA) is 88.2 Å². The van der Waals surface area contributed by atoms with Crippen LogP contribution in [-0.4, -0.2) is 48.0 Å². The Labute approximate surface area is 116 Å². The zero-order valence-corrected chi connectivity index (χ0v) is 11.8. The van der Waals surface area contributed by atoms with Crippen LogP contribution in [0.15, 0.2) is 0 Å². The van der Waals surface area contributed by atoms with Crippen LogP contribution in [-0.2, 0) is 4.79 Å². The normalized spacial score (nSPS) is 16.5. The van der Waals surface area contributed by atoms with E-state index >= 15 is 0 Å². The van der Waals surface area contributed by atoms with Crippen molar-refractivity contribution in [1.29, 1.82) is 0 Å². The highest BCUT2D eigenvalue weighted by atomic mass is 35.5. The van der Waals surface area contributed by atoms with E-state index in [1.54, 1.807) is 4.90 Å². The number of aromatic nitrogens is 3. The Balaban J connectivity index is 2.13. The van der Waals surface area contributed by atoms with Gasteiger partial charge in [0.1, 0.15) is 0 Å². The predicted octanol–water partition coefficient (Wildman–Crippen LogP) is 0.293. The van der Waals surface area contributed by atoms with E-state index in [-0.39, 0.29) is 17.1 Å². The standard InChI is InChI=1S/C11H17ClN6O/c1-17(2)10-14-9(12)15-11(16-10)18-5-3-7(4-6-18)8(13)19/h7H,3-6H2,1-2H3,(H2,13,19). The monoisotopic (exact) mass is 284 g/mol. The number of nitrogens with zero attached hydrogens (tertiary/aromatic N) is 5. The lowest BCUT2D eigenvalue weighted by atomic mass is 9.96. The number of hydrogen-bond acceptors (Lipinski definition) is 6. The maximum absolute atomic E-state index is 11.1. The van der Waals surface area contributed by atoms with Crippen molar-refractivity contribution in [2.45, 2.75) is 12.8 Å². The molecule has 1 aliphatic rings. The fraction of sp³-hybridized carbons (Fsp3) is 0.636. The second-order valence-corrected chi connectivity index (χ2v) is 5.10. The molecule has 7 nitrogen and oxygen atoms in total. The van der Waals surface area contributed by atoms with Gasteiger partial charge in [-0.3, -0.25) is 4.79 Å². The maximum Gasteiger partial charge on any atom is 0.231 e. The number of piperidine rings is 1. The van der Waals surface area contributed by atoms with E-state index in [0.717, 1.165) is 12.8 Å². The van der Waals surface area contributed by atoms with Gasteiger partial charge in [-0.25, -0.2) is 0 Å². The molecule has 104 valence electrons. The van der Waals surface area contributed by atoms with Crippen LogP contribution >= 0.6 is 11.6 Å². The third-order valence-corrected chi connectivity index (χ3v) is 3.33. The van der Waals surface area contributed by atoms with Gasteiger partial charge in [0.05, 0.1) is 0 Å². The second kappa shape index (κ2) is 5.56. The van der Waals surface area contributed by atoms with Crippen molar-refractivity contribution < 1.29 is 4.79 Å². The molecule has 1 aromatic heterocycles. The van der Waals surface area contributed by atoms with Gasteiger partial charge >= 0.3 is 0 Å². The number of anilines is 2. The van der Waals surface area contributed by atoms with Crippen molar-refractivity contribution in [1.82, 2.24) is 15.0 Å². The smallest absolute Gasteiger partial charge is 0.231 e. The minimum Gasteiger partial charge on any atom is -0.369 e. The first kappa shape index (κ1) is 13.8. The van der Waals surface area contributed by atoms with Gasteiger partial charge in [0, 0.05) is 33.1 Å². The Morgan fingerprint density at radius 1 is 1.32 bits per heavy atom. The molecule has 0 aliphatic carbocycles. The lowest BCUT2D eigenvalue weighted by molar-refractivity contribution is -0.122. The van der Waals surface area contributed by atoms with Gasteiger partial charge in [-0.1, -0.05) is 0 Å².